The standard InChI is InChI=1S/C20H25N3O5S2/c1-15-9-10-18(30(27,28)23-11-4-5-12-23)14-19(15)20(24)21-16-7-6-8-17(13-16)22(2)29(3,25)26/h6-10,13-14H,4-5,11-12H2,1-3H3,(H,21,24). The zero-order chi connectivity index (χ0) is 22.1. The molecule has 1 fully saturated rings. The maximum Gasteiger partial charge on any atom is 0.255 e. The Morgan fingerprint density at radius 2 is 1.70 bits per heavy atom. The summed E-state index contributed by atoms with van der Waals surface area (Å²) >= 11 is 0. The number of carbonyl (C=O) groups is 1. The molecule has 0 saturated carbocycles. The molecular weight excluding hydrogens is 426 g/mol. The molecule has 10 heteroatoms. The summed E-state index contributed by atoms with van der Waals surface area (Å²) in [7, 11) is -5.66. The van der Waals surface area contributed by atoms with Crippen molar-refractivity contribution in [1.29, 1.82) is 0 Å². The molecule has 1 N–H and O–H groups in total. The molecule has 1 saturated heterocycles. The first kappa shape index (κ1) is 22.3. The number of nitrogens with zero attached hydrogens (tertiary/aromatic N) is 2. The summed E-state index contributed by atoms with van der Waals surface area (Å²) in [6.45, 7) is 2.70. The Labute approximate surface area is 177 Å². The van der Waals surface area contributed by atoms with Gasteiger partial charge < -0.3 is 5.32 Å². The summed E-state index contributed by atoms with van der Waals surface area (Å²) in [4.78, 5) is 13.0. The fourth-order valence-electron chi connectivity index (χ4n) is 3.25. The fraction of sp³-hybridized carbons (Fsp3) is 0.350. The number of rotatable bonds is 6. The summed E-state index contributed by atoms with van der Waals surface area (Å²) < 4.78 is 51.7. The Bertz CT molecular complexity index is 1170. The predicted molar refractivity (Wildman–Crippen MR) is 117 cm³/mol. The first-order valence-corrected chi connectivity index (χ1v) is 12.7. The molecule has 2 aromatic carbocycles. The Kier molecular flexibility index (Phi) is 6.21. The number of sulfonamides is 2. The third kappa shape index (κ3) is 4.66. The fourth-order valence-corrected chi connectivity index (χ4v) is 5.29. The van der Waals surface area contributed by atoms with Crippen LogP contribution in [0, 0.1) is 6.92 Å². The third-order valence-electron chi connectivity index (χ3n) is 5.12. The van der Waals surface area contributed by atoms with E-state index in [9.17, 15) is 21.6 Å². The Morgan fingerprint density at radius 1 is 1.03 bits per heavy atom. The van der Waals surface area contributed by atoms with Crippen molar-refractivity contribution in [3.05, 3.63) is 53.6 Å². The summed E-state index contributed by atoms with van der Waals surface area (Å²) in [5, 5.41) is 2.73. The van der Waals surface area contributed by atoms with Crippen LogP contribution in [0.3, 0.4) is 0 Å². The van der Waals surface area contributed by atoms with Gasteiger partial charge in [0.2, 0.25) is 20.0 Å². The lowest BCUT2D eigenvalue weighted by molar-refractivity contribution is 0.102. The van der Waals surface area contributed by atoms with Gasteiger partial charge in [0.25, 0.3) is 5.91 Å². The molecule has 0 aliphatic carbocycles. The van der Waals surface area contributed by atoms with Crippen LogP contribution in [0.25, 0.3) is 0 Å². The van der Waals surface area contributed by atoms with Gasteiger partial charge in [0, 0.05) is 31.4 Å². The molecule has 0 unspecified atom stereocenters. The van der Waals surface area contributed by atoms with Gasteiger partial charge in [0.15, 0.2) is 0 Å². The lowest BCUT2D eigenvalue weighted by atomic mass is 10.1. The Hall–Kier alpha value is -2.43. The molecular formula is C20H25N3O5S2. The zero-order valence-electron chi connectivity index (χ0n) is 17.1. The number of anilines is 2. The highest BCUT2D eigenvalue weighted by atomic mass is 32.2. The van der Waals surface area contributed by atoms with Gasteiger partial charge in [-0.05, 0) is 55.7 Å². The van der Waals surface area contributed by atoms with E-state index in [1.165, 1.54) is 23.5 Å². The molecule has 30 heavy (non-hydrogen) atoms. The molecule has 1 heterocycles. The van der Waals surface area contributed by atoms with Gasteiger partial charge in [-0.25, -0.2) is 16.8 Å². The quantitative estimate of drug-likeness (QED) is 0.726. The number of hydrogen-bond donors (Lipinski definition) is 1. The molecule has 0 bridgehead atoms. The number of carbonyl (C=O) groups excluding carboxylic acids is 1. The molecule has 0 atom stereocenters. The van der Waals surface area contributed by atoms with Gasteiger partial charge in [-0.2, -0.15) is 4.31 Å². The van der Waals surface area contributed by atoms with E-state index in [0.717, 1.165) is 23.4 Å². The van der Waals surface area contributed by atoms with Crippen LogP contribution in [-0.4, -0.2) is 53.4 Å². The maximum atomic E-state index is 12.9. The first-order valence-electron chi connectivity index (χ1n) is 9.46. The molecule has 1 aliphatic heterocycles. The van der Waals surface area contributed by atoms with Gasteiger partial charge in [0.1, 0.15) is 0 Å². The largest absolute Gasteiger partial charge is 0.322 e. The van der Waals surface area contributed by atoms with Crippen LogP contribution in [0.1, 0.15) is 28.8 Å². The van der Waals surface area contributed by atoms with E-state index in [-0.39, 0.29) is 10.5 Å². The number of aryl methyl sites for hydroxylation is 1. The highest BCUT2D eigenvalue weighted by Gasteiger charge is 2.28. The van der Waals surface area contributed by atoms with Crippen LogP contribution >= 0.6 is 0 Å². The lowest BCUT2D eigenvalue weighted by Gasteiger charge is -2.18. The van der Waals surface area contributed by atoms with Crippen LogP contribution in [-0.2, 0) is 20.0 Å². The maximum absolute atomic E-state index is 12.9. The monoisotopic (exact) mass is 451 g/mol. The smallest absolute Gasteiger partial charge is 0.255 e. The van der Waals surface area contributed by atoms with Gasteiger partial charge >= 0.3 is 0 Å². The topological polar surface area (TPSA) is 104 Å². The van der Waals surface area contributed by atoms with E-state index < -0.39 is 26.0 Å². The number of amides is 1. The predicted octanol–water partition coefficient (Wildman–Crippen LogP) is 2.43. The van der Waals surface area contributed by atoms with Crippen molar-refractivity contribution in [2.24, 2.45) is 0 Å². The molecule has 0 spiro atoms. The average molecular weight is 452 g/mol. The normalized spacial score (nSPS) is 15.2. The van der Waals surface area contributed by atoms with Crippen LogP contribution in [0.5, 0.6) is 0 Å². The van der Waals surface area contributed by atoms with Crippen molar-refractivity contribution in [2.75, 3.05) is 36.0 Å². The minimum atomic E-state index is -3.64. The van der Waals surface area contributed by atoms with Crippen molar-refractivity contribution in [3.8, 4) is 0 Å². The SMILES string of the molecule is Cc1ccc(S(=O)(=O)N2CCCC2)cc1C(=O)Nc1cccc(N(C)S(C)(=O)=O)c1. The van der Waals surface area contributed by atoms with E-state index in [0.29, 0.717) is 30.0 Å². The second-order valence-electron chi connectivity index (χ2n) is 7.32. The van der Waals surface area contributed by atoms with Crippen LogP contribution < -0.4 is 9.62 Å². The number of hydrogen-bond acceptors (Lipinski definition) is 5. The molecule has 1 amide bonds. The summed E-state index contributed by atoms with van der Waals surface area (Å²) in [5.41, 5.74) is 1.69. The summed E-state index contributed by atoms with van der Waals surface area (Å²) in [6.07, 6.45) is 2.75. The van der Waals surface area contributed by atoms with Crippen LogP contribution in [0.4, 0.5) is 11.4 Å². The second kappa shape index (κ2) is 8.37. The molecule has 8 nitrogen and oxygen atoms in total. The van der Waals surface area contributed by atoms with Crippen molar-refractivity contribution < 1.29 is 21.6 Å². The minimum Gasteiger partial charge on any atom is -0.322 e. The molecule has 0 aromatic heterocycles. The Morgan fingerprint density at radius 3 is 2.33 bits per heavy atom. The number of benzene rings is 2. The Balaban J connectivity index is 1.88. The van der Waals surface area contributed by atoms with Crippen molar-refractivity contribution in [3.63, 3.8) is 0 Å². The van der Waals surface area contributed by atoms with Gasteiger partial charge in [-0.1, -0.05) is 12.1 Å². The van der Waals surface area contributed by atoms with Gasteiger partial charge in [-0.15, -0.1) is 0 Å². The zero-order valence-corrected chi connectivity index (χ0v) is 18.8. The van der Waals surface area contributed by atoms with Gasteiger partial charge in [-0.3, -0.25) is 9.10 Å². The molecule has 0 radical (unpaired) electrons. The van der Waals surface area contributed by atoms with Gasteiger partial charge in [0.05, 0.1) is 16.8 Å². The minimum absolute atomic E-state index is 0.0886. The van der Waals surface area contributed by atoms with Crippen molar-refractivity contribution >= 4 is 37.3 Å². The van der Waals surface area contributed by atoms with E-state index in [2.05, 4.69) is 5.32 Å². The first-order chi connectivity index (χ1) is 14.0. The molecule has 162 valence electrons. The van der Waals surface area contributed by atoms with E-state index in [1.807, 2.05) is 0 Å². The second-order valence-corrected chi connectivity index (χ2v) is 11.3. The van der Waals surface area contributed by atoms with Crippen molar-refractivity contribution in [2.45, 2.75) is 24.7 Å². The van der Waals surface area contributed by atoms with E-state index in [1.54, 1.807) is 37.3 Å². The van der Waals surface area contributed by atoms with Crippen LogP contribution in [0.2, 0.25) is 0 Å². The van der Waals surface area contributed by atoms with Crippen molar-refractivity contribution in [1.82, 2.24) is 4.31 Å². The third-order valence-corrected chi connectivity index (χ3v) is 8.22. The highest BCUT2D eigenvalue weighted by Crippen LogP contribution is 2.25. The highest BCUT2D eigenvalue weighted by molar-refractivity contribution is 7.92. The molecule has 3 rings (SSSR count). The van der Waals surface area contributed by atoms with E-state index in [4.69, 9.17) is 0 Å². The molecule has 1 aliphatic rings. The number of nitrogens with one attached hydrogen (secondary N) is 1. The molecule has 2 aromatic rings. The van der Waals surface area contributed by atoms with Crippen LogP contribution in [0.15, 0.2) is 47.4 Å². The van der Waals surface area contributed by atoms with E-state index >= 15 is 0 Å². The summed E-state index contributed by atoms with van der Waals surface area (Å²) in [5.74, 6) is -0.467. The average Bonchev–Trinajstić information content (AvgIpc) is 3.22. The lowest BCUT2D eigenvalue weighted by Crippen LogP contribution is -2.28. The summed E-state index contributed by atoms with van der Waals surface area (Å²) in [6, 6.07) is 11.0.